The molecule has 33 heavy (non-hydrogen) atoms. The number of methoxy groups -OCH3 is 1. The van der Waals surface area contributed by atoms with Crippen molar-refractivity contribution in [2.24, 2.45) is 7.05 Å². The number of ether oxygens (including phenoxy) is 1. The number of hydrogen-bond donors (Lipinski definition) is 0. The Labute approximate surface area is 197 Å². The highest BCUT2D eigenvalue weighted by atomic mass is 16.5. The molecular weight excluding hydrogens is 412 g/mol. The summed E-state index contributed by atoms with van der Waals surface area (Å²) in [5, 5.41) is 4.73. The third kappa shape index (κ3) is 4.60. The van der Waals surface area contributed by atoms with Gasteiger partial charge < -0.3 is 14.5 Å². The van der Waals surface area contributed by atoms with Gasteiger partial charge in [-0.2, -0.15) is 5.10 Å². The molecule has 0 radical (unpaired) electrons. The van der Waals surface area contributed by atoms with Crippen LogP contribution in [0, 0.1) is 13.8 Å². The Hall–Kier alpha value is -2.93. The van der Waals surface area contributed by atoms with Crippen LogP contribution in [0.4, 0.5) is 11.6 Å². The number of aromatic nitrogens is 4. The van der Waals surface area contributed by atoms with Gasteiger partial charge in [-0.15, -0.1) is 0 Å². The molecule has 7 nitrogen and oxygen atoms in total. The zero-order valence-corrected chi connectivity index (χ0v) is 21.0. The molecular formula is C26H36N6O. The van der Waals surface area contributed by atoms with E-state index in [1.807, 2.05) is 11.7 Å². The lowest BCUT2D eigenvalue weighted by Gasteiger charge is -2.33. The van der Waals surface area contributed by atoms with Crippen LogP contribution in [-0.2, 0) is 24.8 Å². The topological polar surface area (TPSA) is 59.3 Å². The quantitative estimate of drug-likeness (QED) is 0.538. The summed E-state index contributed by atoms with van der Waals surface area (Å²) in [6.45, 7) is 11.7. The first-order valence-electron chi connectivity index (χ1n) is 11.8. The first kappa shape index (κ1) is 23.2. The molecule has 0 atom stereocenters. The number of benzene rings is 1. The smallest absolute Gasteiger partial charge is 0.162 e. The summed E-state index contributed by atoms with van der Waals surface area (Å²) in [6, 6.07) is 8.58. The maximum Gasteiger partial charge on any atom is 0.162 e. The van der Waals surface area contributed by atoms with E-state index in [1.54, 1.807) is 7.11 Å². The average Bonchev–Trinajstić information content (AvgIpc) is 3.18. The maximum absolute atomic E-state index is 5.36. The Kier molecular flexibility index (Phi) is 6.70. The highest BCUT2D eigenvalue weighted by Crippen LogP contribution is 2.33. The van der Waals surface area contributed by atoms with Gasteiger partial charge in [0.2, 0.25) is 0 Å². The molecule has 0 unspecified atom stereocenters. The van der Waals surface area contributed by atoms with E-state index in [-0.39, 0.29) is 0 Å². The number of hydrogen-bond acceptors (Lipinski definition) is 6. The minimum atomic E-state index is 0.404. The zero-order valence-electron chi connectivity index (χ0n) is 21.0. The van der Waals surface area contributed by atoms with Crippen molar-refractivity contribution in [2.45, 2.75) is 46.6 Å². The molecule has 0 aliphatic carbocycles. The van der Waals surface area contributed by atoms with E-state index in [0.717, 1.165) is 60.5 Å². The molecule has 176 valence electrons. The minimum absolute atomic E-state index is 0.404. The van der Waals surface area contributed by atoms with Crippen LogP contribution < -0.4 is 9.80 Å². The molecule has 2 aromatic heterocycles. The summed E-state index contributed by atoms with van der Waals surface area (Å²) >= 11 is 0. The first-order chi connectivity index (χ1) is 15.8. The van der Waals surface area contributed by atoms with Gasteiger partial charge in [-0.1, -0.05) is 32.0 Å². The lowest BCUT2D eigenvalue weighted by Crippen LogP contribution is -2.35. The molecule has 0 saturated heterocycles. The molecule has 4 rings (SSSR count). The molecule has 1 aliphatic rings. The Balaban J connectivity index is 1.77. The van der Waals surface area contributed by atoms with Crippen molar-refractivity contribution < 1.29 is 4.74 Å². The zero-order chi connectivity index (χ0) is 23.7. The van der Waals surface area contributed by atoms with E-state index in [1.165, 1.54) is 16.7 Å². The van der Waals surface area contributed by atoms with E-state index in [2.05, 4.69) is 68.8 Å². The Morgan fingerprint density at radius 2 is 1.88 bits per heavy atom. The van der Waals surface area contributed by atoms with Crippen LogP contribution in [0.3, 0.4) is 0 Å². The normalized spacial score (nSPS) is 13.5. The van der Waals surface area contributed by atoms with Gasteiger partial charge in [-0.3, -0.25) is 4.68 Å². The van der Waals surface area contributed by atoms with Gasteiger partial charge in [0, 0.05) is 64.5 Å². The number of nitrogens with zero attached hydrogens (tertiary/aromatic N) is 6. The fraction of sp³-hybridized carbons (Fsp3) is 0.500. The van der Waals surface area contributed by atoms with E-state index in [4.69, 9.17) is 19.8 Å². The standard InChI is InChI=1S/C26H36N6O/c1-17(2)22-15-23(31(6)29-22)32-12-11-21-20(16-32)26(30(5)13-14-33-7)28-25(27-21)24-18(3)9-8-10-19(24)4/h8-10,15,17H,11-14,16H2,1-7H3. The molecule has 0 saturated carbocycles. The molecule has 0 amide bonds. The fourth-order valence-electron chi connectivity index (χ4n) is 4.58. The van der Waals surface area contributed by atoms with Crippen molar-refractivity contribution in [1.29, 1.82) is 0 Å². The Bertz CT molecular complexity index is 1120. The van der Waals surface area contributed by atoms with Crippen molar-refractivity contribution in [3.8, 4) is 11.4 Å². The van der Waals surface area contributed by atoms with Gasteiger partial charge in [0.1, 0.15) is 11.6 Å². The van der Waals surface area contributed by atoms with Crippen LogP contribution in [0.15, 0.2) is 24.3 Å². The van der Waals surface area contributed by atoms with Crippen LogP contribution in [0.2, 0.25) is 0 Å². The molecule has 0 spiro atoms. The molecule has 1 aromatic carbocycles. The Morgan fingerprint density at radius 3 is 2.52 bits per heavy atom. The lowest BCUT2D eigenvalue weighted by atomic mass is 10.0. The number of rotatable bonds is 7. The summed E-state index contributed by atoms with van der Waals surface area (Å²) in [6.07, 6.45) is 0.878. The highest BCUT2D eigenvalue weighted by Gasteiger charge is 2.27. The van der Waals surface area contributed by atoms with E-state index in [0.29, 0.717) is 12.5 Å². The molecule has 3 aromatic rings. The van der Waals surface area contributed by atoms with Gasteiger partial charge in [-0.05, 0) is 30.9 Å². The third-order valence-corrected chi connectivity index (χ3v) is 6.53. The van der Waals surface area contributed by atoms with Gasteiger partial charge in [0.25, 0.3) is 0 Å². The monoisotopic (exact) mass is 448 g/mol. The second kappa shape index (κ2) is 9.51. The van der Waals surface area contributed by atoms with Crippen molar-refractivity contribution in [3.05, 3.63) is 52.3 Å². The van der Waals surface area contributed by atoms with E-state index < -0.39 is 0 Å². The average molecular weight is 449 g/mol. The Morgan fingerprint density at radius 1 is 1.15 bits per heavy atom. The number of likely N-dealkylation sites (N-methyl/N-ethyl adjacent to an activating group) is 1. The number of fused-ring (bicyclic) bond motifs is 1. The van der Waals surface area contributed by atoms with Crippen molar-refractivity contribution in [3.63, 3.8) is 0 Å². The van der Waals surface area contributed by atoms with Crippen molar-refractivity contribution in [2.75, 3.05) is 43.7 Å². The summed E-state index contributed by atoms with van der Waals surface area (Å²) < 4.78 is 7.36. The summed E-state index contributed by atoms with van der Waals surface area (Å²) in [5.74, 6) is 3.36. The highest BCUT2D eigenvalue weighted by molar-refractivity contribution is 5.68. The second-order valence-corrected chi connectivity index (χ2v) is 9.35. The van der Waals surface area contributed by atoms with E-state index >= 15 is 0 Å². The van der Waals surface area contributed by atoms with Crippen LogP contribution in [0.5, 0.6) is 0 Å². The summed E-state index contributed by atoms with van der Waals surface area (Å²) in [5.41, 5.74) is 7.00. The molecule has 0 N–H and O–H groups in total. The van der Waals surface area contributed by atoms with Crippen LogP contribution in [-0.4, -0.2) is 53.6 Å². The number of aryl methyl sites for hydroxylation is 3. The fourth-order valence-corrected chi connectivity index (χ4v) is 4.58. The second-order valence-electron chi connectivity index (χ2n) is 9.35. The molecule has 0 bridgehead atoms. The first-order valence-corrected chi connectivity index (χ1v) is 11.8. The van der Waals surface area contributed by atoms with Gasteiger partial charge in [0.15, 0.2) is 5.82 Å². The van der Waals surface area contributed by atoms with Crippen LogP contribution in [0.1, 0.15) is 47.8 Å². The van der Waals surface area contributed by atoms with E-state index in [9.17, 15) is 0 Å². The van der Waals surface area contributed by atoms with Crippen LogP contribution >= 0.6 is 0 Å². The predicted octanol–water partition coefficient (Wildman–Crippen LogP) is 4.26. The van der Waals surface area contributed by atoms with Gasteiger partial charge in [-0.25, -0.2) is 9.97 Å². The third-order valence-electron chi connectivity index (χ3n) is 6.53. The van der Waals surface area contributed by atoms with Crippen molar-refractivity contribution >= 4 is 11.6 Å². The molecule has 1 aliphatic heterocycles. The largest absolute Gasteiger partial charge is 0.383 e. The SMILES string of the molecule is COCCN(C)c1nc(-c2c(C)cccc2C)nc2c1CN(c1cc(C(C)C)nn1C)CC2. The molecule has 3 heterocycles. The predicted molar refractivity (Wildman–Crippen MR) is 134 cm³/mol. The van der Waals surface area contributed by atoms with Crippen molar-refractivity contribution in [1.82, 2.24) is 19.7 Å². The van der Waals surface area contributed by atoms with Crippen LogP contribution in [0.25, 0.3) is 11.4 Å². The summed E-state index contributed by atoms with van der Waals surface area (Å²) in [7, 11) is 5.86. The number of anilines is 2. The molecule has 0 fully saturated rings. The minimum Gasteiger partial charge on any atom is -0.383 e. The molecule has 7 heteroatoms. The maximum atomic E-state index is 5.36. The van der Waals surface area contributed by atoms with Gasteiger partial charge in [0.05, 0.1) is 18.0 Å². The van der Waals surface area contributed by atoms with Gasteiger partial charge >= 0.3 is 0 Å². The lowest BCUT2D eigenvalue weighted by molar-refractivity contribution is 0.206. The summed E-state index contributed by atoms with van der Waals surface area (Å²) in [4.78, 5) is 14.8.